The van der Waals surface area contributed by atoms with Crippen LogP contribution in [0, 0.1) is 0 Å². The van der Waals surface area contributed by atoms with Crippen molar-refractivity contribution in [1.29, 1.82) is 0 Å². The van der Waals surface area contributed by atoms with Crippen molar-refractivity contribution in [3.63, 3.8) is 0 Å². The van der Waals surface area contributed by atoms with Gasteiger partial charge in [-0.1, -0.05) is 36.9 Å². The Bertz CT molecular complexity index is 575. The third-order valence-electron chi connectivity index (χ3n) is 2.24. The molecule has 3 N–H and O–H groups in total. The van der Waals surface area contributed by atoms with Crippen LogP contribution in [0.4, 0.5) is 0 Å². The first-order valence-electron chi connectivity index (χ1n) is 5.22. The fourth-order valence-corrected chi connectivity index (χ4v) is 1.24. The molecule has 0 radical (unpaired) electrons. The van der Waals surface area contributed by atoms with Gasteiger partial charge in [-0.2, -0.15) is 0 Å². The molecular formula is C14H14O4. The van der Waals surface area contributed by atoms with Gasteiger partial charge in [-0.3, -0.25) is 0 Å². The van der Waals surface area contributed by atoms with Crippen LogP contribution in [-0.4, -0.2) is 21.3 Å². The first-order valence-corrected chi connectivity index (χ1v) is 5.22. The van der Waals surface area contributed by atoms with Crippen LogP contribution in [0.3, 0.4) is 0 Å². The monoisotopic (exact) mass is 246 g/mol. The van der Waals surface area contributed by atoms with Gasteiger partial charge in [0.25, 0.3) is 0 Å². The highest BCUT2D eigenvalue weighted by Gasteiger charge is 2.02. The quantitative estimate of drug-likeness (QED) is 0.534. The Kier molecular flexibility index (Phi) is 4.32. The highest BCUT2D eigenvalue weighted by molar-refractivity contribution is 5.90. The zero-order chi connectivity index (χ0) is 13.7. The van der Waals surface area contributed by atoms with Gasteiger partial charge >= 0.3 is 5.97 Å². The molecular weight excluding hydrogens is 232 g/mol. The molecule has 18 heavy (non-hydrogen) atoms. The number of carbonyl (C=O) groups is 1. The predicted molar refractivity (Wildman–Crippen MR) is 69.7 cm³/mol. The molecule has 4 nitrogen and oxygen atoms in total. The lowest BCUT2D eigenvalue weighted by Crippen LogP contribution is -1.92. The smallest absolute Gasteiger partial charge is 0.330 e. The number of hydrogen-bond acceptors (Lipinski definition) is 3. The van der Waals surface area contributed by atoms with E-state index in [-0.39, 0.29) is 17.1 Å². The summed E-state index contributed by atoms with van der Waals surface area (Å²) in [6.07, 6.45) is 0. The summed E-state index contributed by atoms with van der Waals surface area (Å²) in [6.45, 7) is 4.60. The van der Waals surface area contributed by atoms with Crippen LogP contribution in [-0.2, 0) is 4.79 Å². The summed E-state index contributed by atoms with van der Waals surface area (Å²) in [5.41, 5.74) is 0.176. The molecule has 0 saturated carbocycles. The van der Waals surface area contributed by atoms with Gasteiger partial charge in [0, 0.05) is 11.0 Å². The molecule has 0 aliphatic rings. The summed E-state index contributed by atoms with van der Waals surface area (Å²) in [7, 11) is 0. The lowest BCUT2D eigenvalue weighted by atomic mass is 10.1. The lowest BCUT2D eigenvalue weighted by molar-refractivity contribution is -0.132. The summed E-state index contributed by atoms with van der Waals surface area (Å²) in [4.78, 5) is 9.60. The van der Waals surface area contributed by atoms with Crippen molar-refractivity contribution in [3.05, 3.63) is 48.6 Å². The van der Waals surface area contributed by atoms with E-state index in [9.17, 15) is 9.90 Å². The number of hydrogen-bond donors (Lipinski definition) is 3. The van der Waals surface area contributed by atoms with E-state index >= 15 is 0 Å². The molecule has 0 unspecified atom stereocenters. The molecule has 0 fully saturated rings. The van der Waals surface area contributed by atoms with Crippen LogP contribution in [0.1, 0.15) is 6.92 Å². The van der Waals surface area contributed by atoms with Crippen LogP contribution < -0.4 is 0 Å². The number of aliphatic carboxylic acids is 1. The van der Waals surface area contributed by atoms with Gasteiger partial charge in [-0.25, -0.2) is 4.79 Å². The number of carboxylic acids is 1. The Hall–Kier alpha value is -2.49. The van der Waals surface area contributed by atoms with E-state index in [4.69, 9.17) is 10.2 Å². The van der Waals surface area contributed by atoms with Crippen LogP contribution in [0.25, 0.3) is 10.8 Å². The summed E-state index contributed by atoms with van der Waals surface area (Å²) >= 11 is 0. The fourth-order valence-electron chi connectivity index (χ4n) is 1.24. The van der Waals surface area contributed by atoms with E-state index in [1.54, 1.807) is 12.1 Å². The minimum Gasteiger partial charge on any atom is -0.504 e. The molecule has 2 aromatic carbocycles. The standard InChI is InChI=1S/C10H8O2.C4H6O2/c11-9-6-5-7-3-1-2-4-8(7)10(9)12;1-3(2)4(5)6/h1-6,11-12H;1H2,2H3,(H,5,6). The minimum atomic E-state index is -0.935. The average Bonchev–Trinajstić information content (AvgIpc) is 2.35. The van der Waals surface area contributed by atoms with Crippen molar-refractivity contribution < 1.29 is 20.1 Å². The first-order chi connectivity index (χ1) is 8.43. The molecule has 2 rings (SSSR count). The van der Waals surface area contributed by atoms with E-state index in [1.165, 1.54) is 13.0 Å². The van der Waals surface area contributed by atoms with Gasteiger partial charge in [0.15, 0.2) is 11.5 Å². The second-order valence-corrected chi connectivity index (χ2v) is 3.74. The molecule has 0 bridgehead atoms. The van der Waals surface area contributed by atoms with Crippen molar-refractivity contribution in [1.82, 2.24) is 0 Å². The molecule has 0 atom stereocenters. The summed E-state index contributed by atoms with van der Waals surface area (Å²) in [5.74, 6) is -1.06. The lowest BCUT2D eigenvalue weighted by Gasteiger charge is -2.01. The number of carboxylic acid groups (broad SMARTS) is 1. The van der Waals surface area contributed by atoms with Gasteiger partial charge in [-0.15, -0.1) is 0 Å². The van der Waals surface area contributed by atoms with Gasteiger partial charge in [0.05, 0.1) is 0 Å². The highest BCUT2D eigenvalue weighted by atomic mass is 16.4. The molecule has 94 valence electrons. The molecule has 0 aliphatic carbocycles. The van der Waals surface area contributed by atoms with E-state index in [0.29, 0.717) is 5.39 Å². The van der Waals surface area contributed by atoms with Crippen LogP contribution in [0.15, 0.2) is 48.6 Å². The maximum atomic E-state index is 9.60. The summed E-state index contributed by atoms with van der Waals surface area (Å²) < 4.78 is 0. The average molecular weight is 246 g/mol. The normalized spacial score (nSPS) is 9.39. The fraction of sp³-hybridized carbons (Fsp3) is 0.0714. The van der Waals surface area contributed by atoms with Crippen LogP contribution in [0.2, 0.25) is 0 Å². The number of fused-ring (bicyclic) bond motifs is 1. The Morgan fingerprint density at radius 1 is 1.11 bits per heavy atom. The number of rotatable bonds is 1. The molecule has 0 saturated heterocycles. The van der Waals surface area contributed by atoms with Crippen molar-refractivity contribution in [3.8, 4) is 11.5 Å². The molecule has 2 aromatic rings. The Morgan fingerprint density at radius 3 is 2.22 bits per heavy atom. The van der Waals surface area contributed by atoms with E-state index in [2.05, 4.69) is 6.58 Å². The third-order valence-corrected chi connectivity index (χ3v) is 2.24. The first kappa shape index (κ1) is 13.6. The van der Waals surface area contributed by atoms with Gasteiger partial charge in [0.1, 0.15) is 0 Å². The zero-order valence-corrected chi connectivity index (χ0v) is 9.92. The Morgan fingerprint density at radius 2 is 1.67 bits per heavy atom. The summed E-state index contributed by atoms with van der Waals surface area (Å²) in [6, 6.07) is 10.6. The van der Waals surface area contributed by atoms with Crippen LogP contribution >= 0.6 is 0 Å². The van der Waals surface area contributed by atoms with Gasteiger partial charge < -0.3 is 15.3 Å². The Labute approximate surface area is 104 Å². The van der Waals surface area contributed by atoms with Gasteiger partial charge in [0.2, 0.25) is 0 Å². The topological polar surface area (TPSA) is 77.8 Å². The van der Waals surface area contributed by atoms with Crippen molar-refractivity contribution in [2.75, 3.05) is 0 Å². The van der Waals surface area contributed by atoms with Crippen LogP contribution in [0.5, 0.6) is 11.5 Å². The second-order valence-electron chi connectivity index (χ2n) is 3.74. The number of benzene rings is 2. The number of aromatic hydroxyl groups is 2. The second kappa shape index (κ2) is 5.72. The number of phenolic OH excluding ortho intramolecular Hbond substituents is 2. The molecule has 0 spiro atoms. The van der Waals surface area contributed by atoms with E-state index in [1.807, 2.05) is 18.2 Å². The molecule has 0 amide bonds. The largest absolute Gasteiger partial charge is 0.504 e. The molecule has 4 heteroatoms. The summed E-state index contributed by atoms with van der Waals surface area (Å²) in [5, 5.41) is 28.1. The highest BCUT2D eigenvalue weighted by Crippen LogP contribution is 2.32. The SMILES string of the molecule is C=C(C)C(=O)O.Oc1ccc2ccccc2c1O. The molecule has 0 aromatic heterocycles. The minimum absolute atomic E-state index is 0.0481. The number of phenols is 2. The zero-order valence-electron chi connectivity index (χ0n) is 9.92. The van der Waals surface area contributed by atoms with Crippen molar-refractivity contribution >= 4 is 16.7 Å². The maximum absolute atomic E-state index is 9.60. The van der Waals surface area contributed by atoms with Gasteiger partial charge in [-0.05, 0) is 18.4 Å². The predicted octanol–water partition coefficient (Wildman–Crippen LogP) is 2.90. The third kappa shape index (κ3) is 3.25. The maximum Gasteiger partial charge on any atom is 0.330 e. The van der Waals surface area contributed by atoms with E-state index < -0.39 is 5.97 Å². The molecule has 0 aliphatic heterocycles. The van der Waals surface area contributed by atoms with E-state index in [0.717, 1.165) is 5.39 Å². The molecule has 0 heterocycles. The Balaban J connectivity index is 0.000000232. The van der Waals surface area contributed by atoms with Crippen molar-refractivity contribution in [2.24, 2.45) is 0 Å². The van der Waals surface area contributed by atoms with Crippen molar-refractivity contribution in [2.45, 2.75) is 6.92 Å².